The highest BCUT2D eigenvalue weighted by Gasteiger charge is 2.30. The summed E-state index contributed by atoms with van der Waals surface area (Å²) in [4.78, 5) is 28.3. The van der Waals surface area contributed by atoms with E-state index in [4.69, 9.17) is 4.74 Å². The molecule has 2 aliphatic rings. The number of ether oxygens (including phenoxy) is 1. The average Bonchev–Trinajstić information content (AvgIpc) is 2.62. The number of anilines is 1. The van der Waals surface area contributed by atoms with E-state index in [1.165, 1.54) is 0 Å². The molecule has 3 amide bonds. The molecule has 1 unspecified atom stereocenters. The molecule has 7 nitrogen and oxygen atoms in total. The van der Waals surface area contributed by atoms with Crippen LogP contribution in [0.2, 0.25) is 0 Å². The first-order chi connectivity index (χ1) is 11.6. The molecule has 1 aromatic carbocycles. The zero-order valence-electron chi connectivity index (χ0n) is 14.0. The summed E-state index contributed by atoms with van der Waals surface area (Å²) in [7, 11) is 0. The quantitative estimate of drug-likeness (QED) is 0.834. The Morgan fingerprint density at radius 2 is 1.96 bits per heavy atom. The number of morpholine rings is 1. The maximum Gasteiger partial charge on any atom is 0.321 e. The lowest BCUT2D eigenvalue weighted by molar-refractivity contribution is -0.146. The fraction of sp³-hybridized carbons (Fsp3) is 0.529. The molecule has 2 N–H and O–H groups in total. The van der Waals surface area contributed by atoms with Gasteiger partial charge in [0.05, 0.1) is 6.61 Å². The van der Waals surface area contributed by atoms with E-state index in [0.717, 1.165) is 17.8 Å². The maximum atomic E-state index is 12.4. The Morgan fingerprint density at radius 3 is 2.62 bits per heavy atom. The van der Waals surface area contributed by atoms with Gasteiger partial charge >= 0.3 is 6.03 Å². The Morgan fingerprint density at radius 1 is 1.21 bits per heavy atom. The first-order valence-electron chi connectivity index (χ1n) is 8.37. The predicted octanol–water partition coefficient (Wildman–Crippen LogP) is 0.660. The van der Waals surface area contributed by atoms with Gasteiger partial charge in [-0.3, -0.25) is 4.79 Å². The second-order valence-electron chi connectivity index (χ2n) is 6.18. The zero-order chi connectivity index (χ0) is 16.9. The number of hydrogen-bond acceptors (Lipinski definition) is 4. The van der Waals surface area contributed by atoms with Crippen LogP contribution in [0.4, 0.5) is 10.5 Å². The highest BCUT2D eigenvalue weighted by Crippen LogP contribution is 2.12. The highest BCUT2D eigenvalue weighted by molar-refractivity contribution is 5.89. The van der Waals surface area contributed by atoms with Crippen molar-refractivity contribution in [3.63, 3.8) is 0 Å². The van der Waals surface area contributed by atoms with Crippen molar-refractivity contribution in [2.75, 3.05) is 51.2 Å². The lowest BCUT2D eigenvalue weighted by Gasteiger charge is -2.37. The molecule has 1 atom stereocenters. The van der Waals surface area contributed by atoms with E-state index >= 15 is 0 Å². The summed E-state index contributed by atoms with van der Waals surface area (Å²) in [5, 5.41) is 6.08. The molecule has 130 valence electrons. The van der Waals surface area contributed by atoms with Crippen molar-refractivity contribution < 1.29 is 14.3 Å². The first-order valence-corrected chi connectivity index (χ1v) is 8.37. The van der Waals surface area contributed by atoms with Gasteiger partial charge in [-0.05, 0) is 24.6 Å². The molecular weight excluding hydrogens is 308 g/mol. The number of aryl methyl sites for hydroxylation is 1. The third kappa shape index (κ3) is 4.04. The molecule has 2 heterocycles. The van der Waals surface area contributed by atoms with Crippen molar-refractivity contribution in [1.82, 2.24) is 15.1 Å². The summed E-state index contributed by atoms with van der Waals surface area (Å²) in [6.07, 6.45) is -0.397. The molecule has 0 spiro atoms. The highest BCUT2D eigenvalue weighted by atomic mass is 16.5. The van der Waals surface area contributed by atoms with Crippen molar-refractivity contribution in [1.29, 1.82) is 0 Å². The molecule has 0 bridgehead atoms. The van der Waals surface area contributed by atoms with Gasteiger partial charge in [0.1, 0.15) is 6.10 Å². The molecule has 0 aromatic heterocycles. The van der Waals surface area contributed by atoms with Crippen molar-refractivity contribution in [3.05, 3.63) is 29.8 Å². The molecule has 2 saturated heterocycles. The number of amides is 3. The topological polar surface area (TPSA) is 73.9 Å². The van der Waals surface area contributed by atoms with Crippen molar-refractivity contribution in [2.45, 2.75) is 13.0 Å². The normalized spacial score (nSPS) is 21.5. The van der Waals surface area contributed by atoms with Crippen LogP contribution in [-0.4, -0.2) is 73.7 Å². The fourth-order valence-electron chi connectivity index (χ4n) is 2.98. The minimum Gasteiger partial charge on any atom is -0.366 e. The van der Waals surface area contributed by atoms with Gasteiger partial charge in [-0.2, -0.15) is 0 Å². The standard InChI is InChI=1S/C17H24N4O3/c1-13-3-2-4-14(11-13)19-17(23)21-8-6-20(7-9-21)16(22)15-12-18-5-10-24-15/h2-4,11,15,18H,5-10,12H2,1H3,(H,19,23). The Kier molecular flexibility index (Phi) is 5.32. The number of hydrogen-bond donors (Lipinski definition) is 2. The number of benzene rings is 1. The van der Waals surface area contributed by atoms with Gasteiger partial charge in [-0.1, -0.05) is 12.1 Å². The van der Waals surface area contributed by atoms with Gasteiger partial charge < -0.3 is 25.2 Å². The summed E-state index contributed by atoms with van der Waals surface area (Å²) in [6.45, 7) is 6.05. The van der Waals surface area contributed by atoms with Crippen molar-refractivity contribution in [2.24, 2.45) is 0 Å². The molecule has 7 heteroatoms. The number of urea groups is 1. The summed E-state index contributed by atoms with van der Waals surface area (Å²) in [6, 6.07) is 7.59. The third-order valence-corrected chi connectivity index (χ3v) is 4.35. The Hall–Kier alpha value is -2.12. The smallest absolute Gasteiger partial charge is 0.321 e. The van der Waals surface area contributed by atoms with E-state index in [1.54, 1.807) is 9.80 Å². The largest absolute Gasteiger partial charge is 0.366 e. The van der Waals surface area contributed by atoms with Gasteiger partial charge in [0.2, 0.25) is 0 Å². The van der Waals surface area contributed by atoms with Crippen LogP contribution in [0.25, 0.3) is 0 Å². The van der Waals surface area contributed by atoms with Crippen molar-refractivity contribution in [3.8, 4) is 0 Å². The van der Waals surface area contributed by atoms with E-state index in [1.807, 2.05) is 31.2 Å². The van der Waals surface area contributed by atoms with Crippen LogP contribution in [0.3, 0.4) is 0 Å². The van der Waals surface area contributed by atoms with Crippen LogP contribution < -0.4 is 10.6 Å². The number of nitrogens with one attached hydrogen (secondary N) is 2. The van der Waals surface area contributed by atoms with Crippen LogP contribution in [0, 0.1) is 6.92 Å². The average molecular weight is 332 g/mol. The summed E-state index contributed by atoms with van der Waals surface area (Å²) < 4.78 is 5.51. The maximum absolute atomic E-state index is 12.4. The summed E-state index contributed by atoms with van der Waals surface area (Å²) >= 11 is 0. The molecular formula is C17H24N4O3. The van der Waals surface area contributed by atoms with Gasteiger partial charge in [-0.15, -0.1) is 0 Å². The van der Waals surface area contributed by atoms with Gasteiger partial charge in [0.25, 0.3) is 5.91 Å². The van der Waals surface area contributed by atoms with Crippen LogP contribution in [0.1, 0.15) is 5.56 Å². The number of carbonyl (C=O) groups excluding carboxylic acids is 2. The molecule has 0 aliphatic carbocycles. The molecule has 24 heavy (non-hydrogen) atoms. The van der Waals surface area contributed by atoms with Crippen LogP contribution in [-0.2, 0) is 9.53 Å². The van der Waals surface area contributed by atoms with Crippen LogP contribution in [0.15, 0.2) is 24.3 Å². The Bertz CT molecular complexity index is 593. The van der Waals surface area contributed by atoms with E-state index in [9.17, 15) is 9.59 Å². The second-order valence-corrected chi connectivity index (χ2v) is 6.18. The summed E-state index contributed by atoms with van der Waals surface area (Å²) in [5.41, 5.74) is 1.89. The summed E-state index contributed by atoms with van der Waals surface area (Å²) in [5.74, 6) is 0.0148. The van der Waals surface area contributed by atoms with Crippen molar-refractivity contribution >= 4 is 17.6 Å². The molecule has 1 aromatic rings. The van der Waals surface area contributed by atoms with E-state index in [-0.39, 0.29) is 11.9 Å². The van der Waals surface area contributed by atoms with Crippen LogP contribution in [0.5, 0.6) is 0 Å². The molecule has 2 aliphatic heterocycles. The molecule has 2 fully saturated rings. The van der Waals surface area contributed by atoms with Gasteiger partial charge in [0.15, 0.2) is 0 Å². The zero-order valence-corrected chi connectivity index (χ0v) is 14.0. The molecule has 3 rings (SSSR count). The lowest BCUT2D eigenvalue weighted by atomic mass is 10.2. The van der Waals surface area contributed by atoms with Crippen LogP contribution >= 0.6 is 0 Å². The van der Waals surface area contributed by atoms with E-state index in [2.05, 4.69) is 10.6 Å². The number of piperazine rings is 1. The fourth-order valence-corrected chi connectivity index (χ4v) is 2.98. The van der Waals surface area contributed by atoms with Gasteiger partial charge in [0, 0.05) is 45.0 Å². The Balaban J connectivity index is 1.49. The SMILES string of the molecule is Cc1cccc(NC(=O)N2CCN(C(=O)C3CNCCO3)CC2)c1. The predicted molar refractivity (Wildman–Crippen MR) is 91.0 cm³/mol. The first kappa shape index (κ1) is 16.7. The van der Waals surface area contributed by atoms with E-state index in [0.29, 0.717) is 39.3 Å². The Labute approximate surface area is 141 Å². The number of carbonyl (C=O) groups is 2. The monoisotopic (exact) mass is 332 g/mol. The van der Waals surface area contributed by atoms with E-state index < -0.39 is 6.10 Å². The lowest BCUT2D eigenvalue weighted by Crippen LogP contribution is -2.56. The minimum atomic E-state index is -0.397. The third-order valence-electron chi connectivity index (χ3n) is 4.35. The minimum absolute atomic E-state index is 0.0148. The molecule has 0 radical (unpaired) electrons. The van der Waals surface area contributed by atoms with Gasteiger partial charge in [-0.25, -0.2) is 4.79 Å². The second kappa shape index (κ2) is 7.63. The number of rotatable bonds is 2. The number of nitrogens with zero attached hydrogens (tertiary/aromatic N) is 2. The molecule has 0 saturated carbocycles.